The van der Waals surface area contributed by atoms with Crippen molar-refractivity contribution < 1.29 is 19.4 Å². The molecule has 114 valence electrons. The molecule has 1 aromatic carbocycles. The molecule has 21 heavy (non-hydrogen) atoms. The fourth-order valence-corrected chi connectivity index (χ4v) is 2.83. The molecule has 2 rings (SSSR count). The zero-order valence-corrected chi connectivity index (χ0v) is 12.6. The van der Waals surface area contributed by atoms with E-state index in [0.29, 0.717) is 29.2 Å². The minimum atomic E-state index is -1.16. The van der Waals surface area contributed by atoms with Gasteiger partial charge in [-0.05, 0) is 31.0 Å². The summed E-state index contributed by atoms with van der Waals surface area (Å²) >= 11 is 5.92. The molecule has 0 aliphatic heterocycles. The largest absolute Gasteiger partial charge is 0.495 e. The zero-order chi connectivity index (χ0) is 15.5. The summed E-state index contributed by atoms with van der Waals surface area (Å²) in [6.45, 7) is 0. The van der Waals surface area contributed by atoms with Crippen molar-refractivity contribution in [3.63, 3.8) is 0 Å². The molecule has 1 saturated carbocycles. The highest BCUT2D eigenvalue weighted by atomic mass is 35.5. The van der Waals surface area contributed by atoms with Crippen molar-refractivity contribution in [3.05, 3.63) is 28.8 Å². The molecule has 0 unspecified atom stereocenters. The first-order valence-corrected chi connectivity index (χ1v) is 7.26. The summed E-state index contributed by atoms with van der Waals surface area (Å²) in [6, 6.07) is 4.62. The Morgan fingerprint density at radius 2 is 1.95 bits per heavy atom. The molecule has 1 fully saturated rings. The number of rotatable bonds is 4. The lowest BCUT2D eigenvalue weighted by Crippen LogP contribution is -2.55. The number of nitrogens with one attached hydrogen (secondary N) is 1. The number of carboxylic acid groups (broad SMARTS) is 1. The van der Waals surface area contributed by atoms with Gasteiger partial charge >= 0.3 is 5.97 Å². The number of hydrogen-bond acceptors (Lipinski definition) is 3. The Bertz CT molecular complexity index is 553. The monoisotopic (exact) mass is 311 g/mol. The van der Waals surface area contributed by atoms with Crippen molar-refractivity contribution in [1.82, 2.24) is 5.32 Å². The number of halogens is 1. The van der Waals surface area contributed by atoms with Gasteiger partial charge in [-0.2, -0.15) is 0 Å². The van der Waals surface area contributed by atoms with E-state index in [1.807, 2.05) is 0 Å². The Hall–Kier alpha value is -1.75. The second kappa shape index (κ2) is 6.35. The molecule has 0 saturated heterocycles. The molecule has 0 spiro atoms. The van der Waals surface area contributed by atoms with Gasteiger partial charge in [-0.3, -0.25) is 4.79 Å². The molecule has 1 aliphatic rings. The molecule has 6 heteroatoms. The van der Waals surface area contributed by atoms with Crippen molar-refractivity contribution in [2.75, 3.05) is 7.11 Å². The average molecular weight is 312 g/mol. The van der Waals surface area contributed by atoms with E-state index >= 15 is 0 Å². The van der Waals surface area contributed by atoms with Crippen molar-refractivity contribution >= 4 is 23.5 Å². The third kappa shape index (κ3) is 3.29. The number of carboxylic acids is 1. The first kappa shape index (κ1) is 15.6. The Morgan fingerprint density at radius 1 is 1.29 bits per heavy atom. The number of carbonyl (C=O) groups is 2. The maximum absolute atomic E-state index is 12.3. The highest BCUT2D eigenvalue weighted by Crippen LogP contribution is 2.30. The topological polar surface area (TPSA) is 75.6 Å². The normalized spacial score (nSPS) is 17.0. The molecule has 0 bridgehead atoms. The van der Waals surface area contributed by atoms with Crippen LogP contribution in [0.15, 0.2) is 18.2 Å². The van der Waals surface area contributed by atoms with Crippen LogP contribution in [0, 0.1) is 0 Å². The van der Waals surface area contributed by atoms with Crippen molar-refractivity contribution in [3.8, 4) is 5.75 Å². The van der Waals surface area contributed by atoms with Gasteiger partial charge in [0, 0.05) is 5.56 Å². The first-order chi connectivity index (χ1) is 9.98. The summed E-state index contributed by atoms with van der Waals surface area (Å²) in [5.74, 6) is -1.01. The van der Waals surface area contributed by atoms with Crippen LogP contribution in [-0.2, 0) is 4.79 Å². The summed E-state index contributed by atoms with van der Waals surface area (Å²) in [4.78, 5) is 23.9. The van der Waals surface area contributed by atoms with E-state index in [1.54, 1.807) is 12.1 Å². The van der Waals surface area contributed by atoms with Gasteiger partial charge in [-0.15, -0.1) is 0 Å². The molecule has 0 heterocycles. The molecule has 0 atom stereocenters. The van der Waals surface area contributed by atoms with Crippen LogP contribution in [0.4, 0.5) is 0 Å². The summed E-state index contributed by atoms with van der Waals surface area (Å²) in [7, 11) is 1.46. The summed E-state index contributed by atoms with van der Waals surface area (Å²) in [6.07, 6.45) is 3.52. The van der Waals surface area contributed by atoms with Gasteiger partial charge < -0.3 is 15.2 Å². The Morgan fingerprint density at radius 3 is 2.52 bits per heavy atom. The van der Waals surface area contributed by atoms with E-state index in [-0.39, 0.29) is 0 Å². The van der Waals surface area contributed by atoms with Crippen LogP contribution in [0.5, 0.6) is 5.75 Å². The van der Waals surface area contributed by atoms with Crippen LogP contribution >= 0.6 is 11.6 Å². The molecule has 1 aromatic rings. The van der Waals surface area contributed by atoms with Gasteiger partial charge in [0.25, 0.3) is 5.91 Å². The predicted molar refractivity (Wildman–Crippen MR) is 78.9 cm³/mol. The highest BCUT2D eigenvalue weighted by molar-refractivity contribution is 6.32. The van der Waals surface area contributed by atoms with Gasteiger partial charge in [-0.1, -0.05) is 30.9 Å². The molecule has 0 aromatic heterocycles. The van der Waals surface area contributed by atoms with Gasteiger partial charge in [0.05, 0.1) is 12.1 Å². The molecule has 1 amide bonds. The molecule has 2 N–H and O–H groups in total. The Balaban J connectivity index is 2.21. The van der Waals surface area contributed by atoms with Crippen LogP contribution in [0.2, 0.25) is 5.02 Å². The van der Waals surface area contributed by atoms with Crippen molar-refractivity contribution in [2.24, 2.45) is 0 Å². The maximum atomic E-state index is 12.3. The van der Waals surface area contributed by atoms with Crippen molar-refractivity contribution in [2.45, 2.75) is 37.6 Å². The molecule has 5 nitrogen and oxygen atoms in total. The van der Waals surface area contributed by atoms with Crippen LogP contribution in [0.1, 0.15) is 42.5 Å². The SMILES string of the molecule is COc1cc(C(=O)NC2(C(=O)O)CCCCC2)ccc1Cl. The maximum Gasteiger partial charge on any atom is 0.329 e. The number of aliphatic carboxylic acids is 1. The van der Waals surface area contributed by atoms with Gasteiger partial charge in [0.2, 0.25) is 0 Å². The van der Waals surface area contributed by atoms with Gasteiger partial charge in [0.1, 0.15) is 11.3 Å². The number of ether oxygens (including phenoxy) is 1. The molecular formula is C15H18ClNO4. The van der Waals surface area contributed by atoms with E-state index in [1.165, 1.54) is 13.2 Å². The van der Waals surface area contributed by atoms with Gasteiger partial charge in [-0.25, -0.2) is 4.79 Å². The number of methoxy groups -OCH3 is 1. The standard InChI is InChI=1S/C15H18ClNO4/c1-21-12-9-10(5-6-11(12)16)13(18)17-15(14(19)20)7-3-2-4-8-15/h5-6,9H,2-4,7-8H2,1H3,(H,17,18)(H,19,20). The number of hydrogen-bond donors (Lipinski definition) is 2. The minimum Gasteiger partial charge on any atom is -0.495 e. The summed E-state index contributed by atoms with van der Waals surface area (Å²) in [5, 5.41) is 12.6. The molecule has 0 radical (unpaired) electrons. The van der Waals surface area contributed by atoms with E-state index in [4.69, 9.17) is 16.3 Å². The lowest BCUT2D eigenvalue weighted by atomic mass is 9.81. The van der Waals surface area contributed by atoms with Crippen LogP contribution in [0.25, 0.3) is 0 Å². The Kier molecular flexibility index (Phi) is 4.73. The van der Waals surface area contributed by atoms with Crippen molar-refractivity contribution in [1.29, 1.82) is 0 Å². The predicted octanol–water partition coefficient (Wildman–Crippen LogP) is 2.87. The number of benzene rings is 1. The fourth-order valence-electron chi connectivity index (χ4n) is 2.64. The van der Waals surface area contributed by atoms with E-state index < -0.39 is 17.4 Å². The van der Waals surface area contributed by atoms with Gasteiger partial charge in [0.15, 0.2) is 0 Å². The van der Waals surface area contributed by atoms with Crippen LogP contribution < -0.4 is 10.1 Å². The number of carbonyl (C=O) groups excluding carboxylic acids is 1. The van der Waals surface area contributed by atoms with Crippen LogP contribution in [-0.4, -0.2) is 29.6 Å². The lowest BCUT2D eigenvalue weighted by Gasteiger charge is -2.34. The first-order valence-electron chi connectivity index (χ1n) is 6.88. The summed E-state index contributed by atoms with van der Waals surface area (Å²) in [5.41, 5.74) is -0.829. The van der Waals surface area contributed by atoms with E-state index in [2.05, 4.69) is 5.32 Å². The Labute approximate surface area is 128 Å². The number of amides is 1. The lowest BCUT2D eigenvalue weighted by molar-refractivity contribution is -0.145. The smallest absolute Gasteiger partial charge is 0.329 e. The minimum absolute atomic E-state index is 0.336. The highest BCUT2D eigenvalue weighted by Gasteiger charge is 2.41. The second-order valence-corrected chi connectivity index (χ2v) is 5.66. The third-order valence-corrected chi connectivity index (χ3v) is 4.19. The second-order valence-electron chi connectivity index (χ2n) is 5.25. The van der Waals surface area contributed by atoms with E-state index in [0.717, 1.165) is 19.3 Å². The fraction of sp³-hybridized carbons (Fsp3) is 0.467. The zero-order valence-electron chi connectivity index (χ0n) is 11.8. The van der Waals surface area contributed by atoms with E-state index in [9.17, 15) is 14.7 Å². The molecular weight excluding hydrogens is 294 g/mol. The van der Waals surface area contributed by atoms with Crippen LogP contribution in [0.3, 0.4) is 0 Å². The summed E-state index contributed by atoms with van der Waals surface area (Å²) < 4.78 is 5.07. The average Bonchev–Trinajstić information content (AvgIpc) is 2.48. The molecule has 1 aliphatic carbocycles. The quantitative estimate of drug-likeness (QED) is 0.896. The third-order valence-electron chi connectivity index (χ3n) is 3.88.